The summed E-state index contributed by atoms with van der Waals surface area (Å²) in [6.07, 6.45) is 4.74. The Labute approximate surface area is 135 Å². The number of rotatable bonds is 5. The number of pyridine rings is 1. The molecule has 3 unspecified atom stereocenters. The monoisotopic (exact) mass is 315 g/mol. The lowest BCUT2D eigenvalue weighted by Gasteiger charge is -2.26. The minimum Gasteiger partial charge on any atom is -0.370 e. The molecule has 0 amide bonds. The molecule has 0 aromatic carbocycles. The molecular weight excluding hydrogens is 294 g/mol. The van der Waals surface area contributed by atoms with Crippen LogP contribution in [0.25, 0.3) is 0 Å². The van der Waals surface area contributed by atoms with Gasteiger partial charge in [0.25, 0.3) is 0 Å². The van der Waals surface area contributed by atoms with Crippen molar-refractivity contribution in [2.45, 2.75) is 45.1 Å². The van der Waals surface area contributed by atoms with Crippen LogP contribution in [0.4, 0.5) is 0 Å². The van der Waals surface area contributed by atoms with Crippen LogP contribution in [-0.2, 0) is 17.9 Å². The van der Waals surface area contributed by atoms with E-state index in [9.17, 15) is 0 Å². The Kier molecular flexibility index (Phi) is 3.94. The lowest BCUT2D eigenvalue weighted by molar-refractivity contribution is 0.0137. The molecule has 4 rings (SSSR count). The fraction of sp³-hybridized carbons (Fsp3) is 0.529. The Balaban J connectivity index is 1.38. The van der Waals surface area contributed by atoms with Gasteiger partial charge in [0.15, 0.2) is 0 Å². The minimum absolute atomic E-state index is 0.363. The van der Waals surface area contributed by atoms with Crippen LogP contribution in [0, 0.1) is 12.8 Å². The molecule has 0 radical (unpaired) electrons. The third kappa shape index (κ3) is 2.81. The third-order valence-electron chi connectivity index (χ3n) is 4.80. The van der Waals surface area contributed by atoms with E-state index < -0.39 is 0 Å². The zero-order chi connectivity index (χ0) is 14.9. The second kappa shape index (κ2) is 6.07. The number of thiazole rings is 1. The number of fused-ring (bicyclic) bond motifs is 2. The first-order chi connectivity index (χ1) is 10.8. The Morgan fingerprint density at radius 3 is 3.05 bits per heavy atom. The maximum atomic E-state index is 6.23. The van der Waals surface area contributed by atoms with Crippen molar-refractivity contribution in [3.05, 3.63) is 46.2 Å². The molecule has 1 aliphatic heterocycles. The molecule has 2 aromatic heterocycles. The van der Waals surface area contributed by atoms with Gasteiger partial charge < -0.3 is 4.74 Å². The molecule has 1 aliphatic carbocycles. The van der Waals surface area contributed by atoms with Gasteiger partial charge in [0.05, 0.1) is 29.1 Å². The Bertz CT molecular complexity index is 630. The van der Waals surface area contributed by atoms with Crippen molar-refractivity contribution >= 4 is 11.3 Å². The third-order valence-corrected chi connectivity index (χ3v) is 5.62. The summed E-state index contributed by atoms with van der Waals surface area (Å²) in [5.41, 5.74) is 2.23. The van der Waals surface area contributed by atoms with Gasteiger partial charge in [-0.1, -0.05) is 6.07 Å². The van der Waals surface area contributed by atoms with E-state index in [1.165, 1.54) is 18.5 Å². The van der Waals surface area contributed by atoms with Gasteiger partial charge in [0.2, 0.25) is 0 Å². The second-order valence-corrected chi connectivity index (χ2v) is 7.35. The van der Waals surface area contributed by atoms with Crippen LogP contribution >= 0.6 is 11.3 Å². The zero-order valence-corrected chi connectivity index (χ0v) is 13.6. The van der Waals surface area contributed by atoms with Gasteiger partial charge in [-0.3, -0.25) is 9.88 Å². The summed E-state index contributed by atoms with van der Waals surface area (Å²) in [5.74, 6) is 0.674. The fourth-order valence-electron chi connectivity index (χ4n) is 3.83. The van der Waals surface area contributed by atoms with Gasteiger partial charge >= 0.3 is 0 Å². The highest BCUT2D eigenvalue weighted by molar-refractivity contribution is 7.09. The summed E-state index contributed by atoms with van der Waals surface area (Å²) in [4.78, 5) is 11.5. The SMILES string of the molecule is Cc1nc(CN2CC3CCC2C3OCc2ccccn2)cs1. The molecule has 2 bridgehead atoms. The van der Waals surface area contributed by atoms with Gasteiger partial charge in [-0.15, -0.1) is 11.3 Å². The summed E-state index contributed by atoms with van der Waals surface area (Å²) >= 11 is 1.74. The van der Waals surface area contributed by atoms with Crippen molar-refractivity contribution in [2.24, 2.45) is 5.92 Å². The van der Waals surface area contributed by atoms with Crippen LogP contribution in [0.1, 0.15) is 29.2 Å². The van der Waals surface area contributed by atoms with Crippen LogP contribution in [0.5, 0.6) is 0 Å². The largest absolute Gasteiger partial charge is 0.370 e. The number of likely N-dealkylation sites (tertiary alicyclic amines) is 1. The van der Waals surface area contributed by atoms with E-state index in [1.54, 1.807) is 11.3 Å². The highest BCUT2D eigenvalue weighted by Gasteiger charge is 2.47. The Hall–Kier alpha value is -1.30. The number of hydrogen-bond donors (Lipinski definition) is 0. The van der Waals surface area contributed by atoms with E-state index in [1.807, 2.05) is 24.4 Å². The number of piperidine rings is 1. The average Bonchev–Trinajstić information content (AvgIpc) is 3.21. The van der Waals surface area contributed by atoms with Gasteiger partial charge in [0, 0.05) is 30.7 Å². The van der Waals surface area contributed by atoms with E-state index in [2.05, 4.69) is 27.2 Å². The molecule has 4 nitrogen and oxygen atoms in total. The quantitative estimate of drug-likeness (QED) is 0.850. The number of nitrogens with zero attached hydrogens (tertiary/aromatic N) is 3. The average molecular weight is 315 g/mol. The topological polar surface area (TPSA) is 38.2 Å². The van der Waals surface area contributed by atoms with E-state index in [4.69, 9.17) is 4.74 Å². The summed E-state index contributed by atoms with van der Waals surface area (Å²) in [5, 5.41) is 3.34. The lowest BCUT2D eigenvalue weighted by atomic mass is 10.1. The molecule has 3 heterocycles. The Morgan fingerprint density at radius 2 is 2.27 bits per heavy atom. The summed E-state index contributed by atoms with van der Waals surface area (Å²) < 4.78 is 6.23. The number of ether oxygens (including phenoxy) is 1. The summed E-state index contributed by atoms with van der Waals surface area (Å²) in [6.45, 7) is 4.81. The van der Waals surface area contributed by atoms with Crippen LogP contribution in [-0.4, -0.2) is 33.6 Å². The predicted octanol–water partition coefficient (Wildman–Crippen LogP) is 3.03. The maximum Gasteiger partial charge on any atom is 0.0897 e. The van der Waals surface area contributed by atoms with Crippen LogP contribution in [0.2, 0.25) is 0 Å². The van der Waals surface area contributed by atoms with Crippen LogP contribution in [0.3, 0.4) is 0 Å². The molecule has 5 heteroatoms. The first-order valence-corrected chi connectivity index (χ1v) is 8.84. The fourth-order valence-corrected chi connectivity index (χ4v) is 4.44. The van der Waals surface area contributed by atoms with Gasteiger partial charge in [-0.05, 0) is 37.8 Å². The molecule has 0 N–H and O–H groups in total. The standard InChI is InChI=1S/C17H21N3OS/c1-12-19-15(11-22-12)9-20-8-13-5-6-16(20)17(13)21-10-14-4-2-3-7-18-14/h2-4,7,11,13,16-17H,5-6,8-10H2,1H3. The normalized spacial score (nSPS) is 27.6. The molecule has 2 aliphatic rings. The summed E-state index contributed by atoms with van der Waals surface area (Å²) in [6, 6.07) is 6.55. The summed E-state index contributed by atoms with van der Waals surface area (Å²) in [7, 11) is 0. The van der Waals surface area contributed by atoms with Crippen molar-refractivity contribution in [2.75, 3.05) is 6.54 Å². The van der Waals surface area contributed by atoms with E-state index >= 15 is 0 Å². The molecule has 22 heavy (non-hydrogen) atoms. The number of aryl methyl sites for hydroxylation is 1. The highest BCUT2D eigenvalue weighted by Crippen LogP contribution is 2.40. The van der Waals surface area contributed by atoms with E-state index in [0.29, 0.717) is 24.7 Å². The number of aromatic nitrogens is 2. The predicted molar refractivity (Wildman–Crippen MR) is 86.6 cm³/mol. The van der Waals surface area contributed by atoms with Gasteiger partial charge in [0.1, 0.15) is 0 Å². The number of hydrogen-bond acceptors (Lipinski definition) is 5. The first kappa shape index (κ1) is 14.3. The lowest BCUT2D eigenvalue weighted by Crippen LogP contribution is -2.34. The molecule has 2 aromatic rings. The van der Waals surface area contributed by atoms with Crippen molar-refractivity contribution in [1.29, 1.82) is 0 Å². The Morgan fingerprint density at radius 1 is 1.32 bits per heavy atom. The molecule has 1 saturated carbocycles. The maximum absolute atomic E-state index is 6.23. The van der Waals surface area contributed by atoms with Crippen molar-refractivity contribution in [3.8, 4) is 0 Å². The van der Waals surface area contributed by atoms with Crippen LogP contribution in [0.15, 0.2) is 29.8 Å². The molecule has 0 spiro atoms. The van der Waals surface area contributed by atoms with Crippen molar-refractivity contribution < 1.29 is 4.74 Å². The molecule has 3 atom stereocenters. The molecular formula is C17H21N3OS. The molecule has 2 fully saturated rings. The molecule has 116 valence electrons. The van der Waals surface area contributed by atoms with Crippen LogP contribution < -0.4 is 0 Å². The van der Waals surface area contributed by atoms with Crippen molar-refractivity contribution in [1.82, 2.24) is 14.9 Å². The van der Waals surface area contributed by atoms with Gasteiger partial charge in [-0.25, -0.2) is 4.98 Å². The minimum atomic E-state index is 0.363. The second-order valence-electron chi connectivity index (χ2n) is 6.29. The molecule has 1 saturated heterocycles. The smallest absolute Gasteiger partial charge is 0.0897 e. The first-order valence-electron chi connectivity index (χ1n) is 7.96. The van der Waals surface area contributed by atoms with Crippen molar-refractivity contribution in [3.63, 3.8) is 0 Å². The van der Waals surface area contributed by atoms with E-state index in [0.717, 1.165) is 23.8 Å². The highest BCUT2D eigenvalue weighted by atomic mass is 32.1. The van der Waals surface area contributed by atoms with E-state index in [-0.39, 0.29) is 0 Å². The zero-order valence-electron chi connectivity index (χ0n) is 12.8. The van der Waals surface area contributed by atoms with Gasteiger partial charge in [-0.2, -0.15) is 0 Å².